The van der Waals surface area contributed by atoms with Crippen molar-refractivity contribution in [1.29, 1.82) is 5.41 Å². The molecule has 2 aromatic rings. The van der Waals surface area contributed by atoms with Crippen LogP contribution in [-0.4, -0.2) is 44.5 Å². The van der Waals surface area contributed by atoms with Crippen LogP contribution in [-0.2, 0) is 9.59 Å². The molecule has 0 unspecified atom stereocenters. The monoisotopic (exact) mass is 386 g/mol. The molecule has 10 heteroatoms. The number of amidine groups is 1. The van der Waals surface area contributed by atoms with Crippen LogP contribution in [0.2, 0.25) is 0 Å². The highest BCUT2D eigenvalue weighted by atomic mass is 32.2. The molecule has 3 N–H and O–H groups in total. The van der Waals surface area contributed by atoms with E-state index in [9.17, 15) is 14.4 Å². The standard InChI is InChI=1S/C17H14N4O5S/c18-17-21(19-9-12-2-1-7-26-12)14(22)8-13(27-17)15(23)20-11-5-3-10(4-6-11)16(24)25/h1-7,9,13,18H,8H2,(H,20,23)(H,24,25)/b18-17?,19-9-/t13-/m1/s1. The van der Waals surface area contributed by atoms with Gasteiger partial charge in [0.2, 0.25) is 5.91 Å². The first-order valence-corrected chi connectivity index (χ1v) is 8.62. The maximum atomic E-state index is 12.4. The Hall–Kier alpha value is -3.40. The molecule has 0 bridgehead atoms. The van der Waals surface area contributed by atoms with E-state index in [0.717, 1.165) is 16.8 Å². The van der Waals surface area contributed by atoms with Crippen LogP contribution in [0.1, 0.15) is 22.5 Å². The maximum Gasteiger partial charge on any atom is 0.335 e. The summed E-state index contributed by atoms with van der Waals surface area (Å²) in [6, 6.07) is 8.97. The summed E-state index contributed by atoms with van der Waals surface area (Å²) in [7, 11) is 0. The average molecular weight is 386 g/mol. The third-order valence-electron chi connectivity index (χ3n) is 3.58. The van der Waals surface area contributed by atoms with Gasteiger partial charge in [-0.3, -0.25) is 15.0 Å². The first kappa shape index (κ1) is 18.4. The largest absolute Gasteiger partial charge is 0.478 e. The summed E-state index contributed by atoms with van der Waals surface area (Å²) < 4.78 is 5.08. The van der Waals surface area contributed by atoms with E-state index in [1.54, 1.807) is 12.1 Å². The Balaban J connectivity index is 1.62. The number of rotatable bonds is 5. The van der Waals surface area contributed by atoms with Crippen LogP contribution >= 0.6 is 11.8 Å². The van der Waals surface area contributed by atoms with Crippen molar-refractivity contribution in [1.82, 2.24) is 5.01 Å². The average Bonchev–Trinajstić information content (AvgIpc) is 3.14. The Labute approximate surface area is 157 Å². The minimum atomic E-state index is -1.06. The summed E-state index contributed by atoms with van der Waals surface area (Å²) in [5, 5.41) is 23.3. The van der Waals surface area contributed by atoms with Gasteiger partial charge in [0.25, 0.3) is 5.91 Å². The number of carboxylic acid groups (broad SMARTS) is 1. The molecule has 1 fully saturated rings. The number of amides is 2. The van der Waals surface area contributed by atoms with Crippen LogP contribution in [0.3, 0.4) is 0 Å². The number of anilines is 1. The quantitative estimate of drug-likeness (QED) is 0.674. The zero-order valence-corrected chi connectivity index (χ0v) is 14.6. The highest BCUT2D eigenvalue weighted by molar-refractivity contribution is 8.14. The fourth-order valence-corrected chi connectivity index (χ4v) is 3.16. The number of furan rings is 1. The van der Waals surface area contributed by atoms with Gasteiger partial charge in [-0.15, -0.1) is 0 Å². The van der Waals surface area contributed by atoms with Crippen molar-refractivity contribution >= 4 is 46.6 Å². The van der Waals surface area contributed by atoms with E-state index in [4.69, 9.17) is 14.9 Å². The SMILES string of the molecule is N=C1S[C@@H](C(=O)Nc2ccc(C(=O)O)cc2)CC(=O)N1/N=C\c1ccco1. The Kier molecular flexibility index (Phi) is 5.36. The number of carbonyl (C=O) groups is 3. The van der Waals surface area contributed by atoms with Crippen LogP contribution in [0, 0.1) is 5.41 Å². The smallest absolute Gasteiger partial charge is 0.335 e. The van der Waals surface area contributed by atoms with E-state index in [1.807, 2.05) is 0 Å². The summed E-state index contributed by atoms with van der Waals surface area (Å²) in [5.41, 5.74) is 0.505. The number of nitrogens with one attached hydrogen (secondary N) is 2. The fourth-order valence-electron chi connectivity index (χ4n) is 2.25. The van der Waals surface area contributed by atoms with E-state index >= 15 is 0 Å². The third-order valence-corrected chi connectivity index (χ3v) is 4.64. The molecule has 0 spiro atoms. The van der Waals surface area contributed by atoms with Gasteiger partial charge in [-0.25, -0.2) is 4.79 Å². The molecule has 0 radical (unpaired) electrons. The zero-order chi connectivity index (χ0) is 19.4. The van der Waals surface area contributed by atoms with Gasteiger partial charge in [0, 0.05) is 5.69 Å². The number of benzene rings is 1. The molecule has 2 heterocycles. The maximum absolute atomic E-state index is 12.4. The lowest BCUT2D eigenvalue weighted by Gasteiger charge is -2.27. The van der Waals surface area contributed by atoms with Crippen LogP contribution in [0.5, 0.6) is 0 Å². The van der Waals surface area contributed by atoms with Crippen molar-refractivity contribution in [3.63, 3.8) is 0 Å². The minimum Gasteiger partial charge on any atom is -0.478 e. The number of aromatic carboxylic acids is 1. The van der Waals surface area contributed by atoms with Crippen molar-refractivity contribution < 1.29 is 23.9 Å². The van der Waals surface area contributed by atoms with Gasteiger partial charge in [-0.05, 0) is 36.4 Å². The van der Waals surface area contributed by atoms with E-state index in [2.05, 4.69) is 10.4 Å². The first-order valence-electron chi connectivity index (χ1n) is 7.74. The number of hydrazone groups is 1. The van der Waals surface area contributed by atoms with Gasteiger partial charge < -0.3 is 14.8 Å². The predicted molar refractivity (Wildman–Crippen MR) is 98.9 cm³/mol. The summed E-state index contributed by atoms with van der Waals surface area (Å²) in [5.74, 6) is -1.56. The highest BCUT2D eigenvalue weighted by Crippen LogP contribution is 2.27. The molecule has 1 saturated heterocycles. The summed E-state index contributed by atoms with van der Waals surface area (Å²) in [6.45, 7) is 0. The number of thioether (sulfide) groups is 1. The number of carbonyl (C=O) groups excluding carboxylic acids is 2. The van der Waals surface area contributed by atoms with Gasteiger partial charge in [0.15, 0.2) is 5.17 Å². The van der Waals surface area contributed by atoms with E-state index in [1.165, 1.54) is 36.7 Å². The Morgan fingerprint density at radius 3 is 2.67 bits per heavy atom. The van der Waals surface area contributed by atoms with Gasteiger partial charge in [-0.1, -0.05) is 11.8 Å². The molecular formula is C17H14N4O5S. The second kappa shape index (κ2) is 7.87. The zero-order valence-electron chi connectivity index (χ0n) is 13.8. The van der Waals surface area contributed by atoms with E-state index in [0.29, 0.717) is 11.4 Å². The van der Waals surface area contributed by atoms with E-state index in [-0.39, 0.29) is 17.2 Å². The Morgan fingerprint density at radius 2 is 2.07 bits per heavy atom. The predicted octanol–water partition coefficient (Wildman–Crippen LogP) is 2.22. The molecule has 0 aliphatic carbocycles. The lowest BCUT2D eigenvalue weighted by molar-refractivity contribution is -0.129. The molecule has 1 aliphatic heterocycles. The lowest BCUT2D eigenvalue weighted by Crippen LogP contribution is -2.42. The van der Waals surface area contributed by atoms with Crippen molar-refractivity contribution in [2.45, 2.75) is 11.7 Å². The first-order chi connectivity index (χ1) is 12.9. The third kappa shape index (κ3) is 4.42. The topological polar surface area (TPSA) is 136 Å². The van der Waals surface area contributed by atoms with E-state index < -0.39 is 23.0 Å². The minimum absolute atomic E-state index is 0.0991. The summed E-state index contributed by atoms with van der Waals surface area (Å²) in [4.78, 5) is 35.4. The molecule has 3 rings (SSSR count). The molecule has 0 saturated carbocycles. The van der Waals surface area contributed by atoms with Crippen molar-refractivity contribution in [3.05, 3.63) is 54.0 Å². The molecule has 2 amide bonds. The van der Waals surface area contributed by atoms with Crippen LogP contribution in [0.4, 0.5) is 5.69 Å². The molecule has 1 aliphatic rings. The molecule has 1 aromatic carbocycles. The number of carboxylic acids is 1. The molecule has 1 aromatic heterocycles. The van der Waals surface area contributed by atoms with Gasteiger partial charge >= 0.3 is 5.97 Å². The van der Waals surface area contributed by atoms with Crippen molar-refractivity contribution in [2.24, 2.45) is 5.10 Å². The van der Waals surface area contributed by atoms with Gasteiger partial charge in [0.05, 0.1) is 24.5 Å². The highest BCUT2D eigenvalue weighted by Gasteiger charge is 2.35. The van der Waals surface area contributed by atoms with Gasteiger partial charge in [0.1, 0.15) is 11.0 Å². The van der Waals surface area contributed by atoms with Crippen LogP contribution in [0.15, 0.2) is 52.2 Å². The normalized spacial score (nSPS) is 17.3. The van der Waals surface area contributed by atoms with Crippen LogP contribution in [0.25, 0.3) is 0 Å². The molecule has 27 heavy (non-hydrogen) atoms. The van der Waals surface area contributed by atoms with Gasteiger partial charge in [-0.2, -0.15) is 10.1 Å². The lowest BCUT2D eigenvalue weighted by atomic mass is 10.2. The number of nitrogens with zero attached hydrogens (tertiary/aromatic N) is 2. The second-order valence-corrected chi connectivity index (χ2v) is 6.64. The molecule has 9 nitrogen and oxygen atoms in total. The van der Waals surface area contributed by atoms with Crippen molar-refractivity contribution in [2.75, 3.05) is 5.32 Å². The summed E-state index contributed by atoms with van der Waals surface area (Å²) in [6.07, 6.45) is 2.65. The Bertz CT molecular complexity index is 890. The number of hydrogen-bond acceptors (Lipinski definition) is 7. The van der Waals surface area contributed by atoms with Crippen LogP contribution < -0.4 is 5.32 Å². The fraction of sp³-hybridized carbons (Fsp3) is 0.118. The molecule has 1 atom stereocenters. The number of hydrogen-bond donors (Lipinski definition) is 3. The molecule has 138 valence electrons. The summed E-state index contributed by atoms with van der Waals surface area (Å²) >= 11 is 0.909. The Morgan fingerprint density at radius 1 is 1.33 bits per heavy atom. The second-order valence-electron chi connectivity index (χ2n) is 5.45. The molecular weight excluding hydrogens is 372 g/mol. The van der Waals surface area contributed by atoms with Crippen molar-refractivity contribution in [3.8, 4) is 0 Å².